The number of amides is 1. The van der Waals surface area contributed by atoms with Crippen LogP contribution in [0.4, 0.5) is 9.52 Å². The molecule has 0 radical (unpaired) electrons. The highest BCUT2D eigenvalue weighted by molar-refractivity contribution is 7.99. The Morgan fingerprint density at radius 1 is 1.10 bits per heavy atom. The van der Waals surface area contributed by atoms with Crippen LogP contribution < -0.4 is 4.90 Å². The van der Waals surface area contributed by atoms with Gasteiger partial charge in [-0.2, -0.15) is 0 Å². The summed E-state index contributed by atoms with van der Waals surface area (Å²) >= 11 is 9.22. The van der Waals surface area contributed by atoms with E-state index in [1.807, 2.05) is 30.3 Å². The second kappa shape index (κ2) is 9.55. The summed E-state index contributed by atoms with van der Waals surface area (Å²) in [5.41, 5.74) is 1.47. The molecule has 1 amide bonds. The van der Waals surface area contributed by atoms with Gasteiger partial charge in [-0.25, -0.2) is 9.37 Å². The van der Waals surface area contributed by atoms with Gasteiger partial charge in [0.05, 0.1) is 22.0 Å². The number of thioether (sulfide) groups is 1. The molecule has 4 aromatic rings. The minimum absolute atomic E-state index is 0.0505. The maximum atomic E-state index is 13.1. The van der Waals surface area contributed by atoms with Crippen LogP contribution in [0, 0.1) is 5.82 Å². The lowest BCUT2D eigenvalue weighted by molar-refractivity contribution is -0.118. The number of pyridine rings is 1. The molecule has 2 aromatic heterocycles. The van der Waals surface area contributed by atoms with Gasteiger partial charge in [0.1, 0.15) is 11.3 Å². The van der Waals surface area contributed by atoms with Crippen LogP contribution >= 0.6 is 34.7 Å². The Labute approximate surface area is 186 Å². The lowest BCUT2D eigenvalue weighted by atomic mass is 10.3. The van der Waals surface area contributed by atoms with Gasteiger partial charge in [0.25, 0.3) is 0 Å². The summed E-state index contributed by atoms with van der Waals surface area (Å²) in [6.07, 6.45) is 2.02. The van der Waals surface area contributed by atoms with Crippen LogP contribution in [0.5, 0.6) is 0 Å². The van der Waals surface area contributed by atoms with Crippen molar-refractivity contribution in [2.45, 2.75) is 17.9 Å². The monoisotopic (exact) mass is 457 g/mol. The number of halogens is 2. The van der Waals surface area contributed by atoms with Crippen LogP contribution in [0.3, 0.4) is 0 Å². The van der Waals surface area contributed by atoms with Crippen molar-refractivity contribution < 1.29 is 9.18 Å². The number of carbonyl (C=O) groups excluding carboxylic acids is 1. The zero-order valence-corrected chi connectivity index (χ0v) is 18.2. The Morgan fingerprint density at radius 2 is 1.93 bits per heavy atom. The van der Waals surface area contributed by atoms with E-state index < -0.39 is 0 Å². The molecule has 4 rings (SSSR count). The first-order chi connectivity index (χ1) is 14.6. The highest BCUT2D eigenvalue weighted by Crippen LogP contribution is 2.34. The smallest absolute Gasteiger partial charge is 0.229 e. The molecular formula is C22H17ClFN3OS2. The number of nitrogens with zero attached hydrogens (tertiary/aromatic N) is 3. The summed E-state index contributed by atoms with van der Waals surface area (Å²) in [4.78, 5) is 24.7. The van der Waals surface area contributed by atoms with Crippen LogP contribution in [0.2, 0.25) is 5.02 Å². The van der Waals surface area contributed by atoms with Crippen LogP contribution in [-0.2, 0) is 11.3 Å². The first kappa shape index (κ1) is 20.8. The summed E-state index contributed by atoms with van der Waals surface area (Å²) in [7, 11) is 0. The van der Waals surface area contributed by atoms with Gasteiger partial charge in [-0.1, -0.05) is 35.1 Å². The summed E-state index contributed by atoms with van der Waals surface area (Å²) in [6, 6.07) is 17.5. The molecule has 0 fully saturated rings. The minimum Gasteiger partial charge on any atom is -0.282 e. The van der Waals surface area contributed by atoms with E-state index in [-0.39, 0.29) is 11.7 Å². The predicted molar refractivity (Wildman–Crippen MR) is 122 cm³/mol. The van der Waals surface area contributed by atoms with E-state index in [0.717, 1.165) is 15.3 Å². The van der Waals surface area contributed by atoms with Crippen molar-refractivity contribution >= 4 is 56.0 Å². The molecule has 2 aromatic carbocycles. The van der Waals surface area contributed by atoms with E-state index in [2.05, 4.69) is 9.97 Å². The van der Waals surface area contributed by atoms with E-state index in [9.17, 15) is 9.18 Å². The van der Waals surface area contributed by atoms with Crippen LogP contribution in [0.15, 0.2) is 71.8 Å². The zero-order valence-electron chi connectivity index (χ0n) is 15.8. The first-order valence-electron chi connectivity index (χ1n) is 9.24. The topological polar surface area (TPSA) is 46.1 Å². The Bertz CT molecular complexity index is 1150. The predicted octanol–water partition coefficient (Wildman–Crippen LogP) is 6.20. The van der Waals surface area contributed by atoms with Gasteiger partial charge in [0.15, 0.2) is 5.13 Å². The van der Waals surface area contributed by atoms with Crippen molar-refractivity contribution in [1.82, 2.24) is 9.97 Å². The number of anilines is 1. The number of rotatable bonds is 7. The van der Waals surface area contributed by atoms with Gasteiger partial charge in [0, 0.05) is 23.3 Å². The minimum atomic E-state index is -0.272. The molecule has 0 N–H and O–H groups in total. The molecule has 0 aliphatic heterocycles. The molecule has 4 nitrogen and oxygen atoms in total. The molecule has 0 unspecified atom stereocenters. The second-order valence-electron chi connectivity index (χ2n) is 6.44. The van der Waals surface area contributed by atoms with E-state index in [4.69, 9.17) is 11.6 Å². The number of fused-ring (bicyclic) bond motifs is 1. The van der Waals surface area contributed by atoms with Crippen molar-refractivity contribution in [2.75, 3.05) is 10.7 Å². The maximum Gasteiger partial charge on any atom is 0.229 e. The number of hydrogen-bond donors (Lipinski definition) is 0. The molecular weight excluding hydrogens is 441 g/mol. The Hall–Kier alpha value is -2.48. The van der Waals surface area contributed by atoms with Gasteiger partial charge in [-0.05, 0) is 48.5 Å². The average Bonchev–Trinajstić information content (AvgIpc) is 3.19. The van der Waals surface area contributed by atoms with Gasteiger partial charge >= 0.3 is 0 Å². The van der Waals surface area contributed by atoms with E-state index >= 15 is 0 Å². The molecule has 2 heterocycles. The Balaban J connectivity index is 1.53. The molecule has 8 heteroatoms. The third-order valence-electron chi connectivity index (χ3n) is 4.33. The van der Waals surface area contributed by atoms with Crippen molar-refractivity contribution in [1.29, 1.82) is 0 Å². The molecule has 0 saturated heterocycles. The number of thiazole rings is 1. The summed E-state index contributed by atoms with van der Waals surface area (Å²) < 4.78 is 14.0. The van der Waals surface area contributed by atoms with Crippen LogP contribution in [-0.4, -0.2) is 21.6 Å². The zero-order chi connectivity index (χ0) is 20.9. The van der Waals surface area contributed by atoms with E-state index in [1.54, 1.807) is 29.3 Å². The lowest BCUT2D eigenvalue weighted by Gasteiger charge is -2.19. The van der Waals surface area contributed by atoms with Crippen molar-refractivity contribution in [3.63, 3.8) is 0 Å². The first-order valence-corrected chi connectivity index (χ1v) is 11.4. The van der Waals surface area contributed by atoms with Gasteiger partial charge in [-0.15, -0.1) is 11.8 Å². The van der Waals surface area contributed by atoms with Crippen LogP contribution in [0.25, 0.3) is 10.2 Å². The van der Waals surface area contributed by atoms with Crippen molar-refractivity contribution in [2.24, 2.45) is 0 Å². The highest BCUT2D eigenvalue weighted by atomic mass is 35.5. The quantitative estimate of drug-likeness (QED) is 0.310. The maximum absolute atomic E-state index is 13.1. The Kier molecular flexibility index (Phi) is 6.62. The highest BCUT2D eigenvalue weighted by Gasteiger charge is 2.21. The largest absolute Gasteiger partial charge is 0.282 e. The van der Waals surface area contributed by atoms with Gasteiger partial charge in [0.2, 0.25) is 5.91 Å². The molecule has 0 atom stereocenters. The number of benzene rings is 2. The number of hydrogen-bond acceptors (Lipinski definition) is 5. The molecule has 0 aliphatic carbocycles. The molecule has 0 bridgehead atoms. The molecule has 0 aliphatic rings. The molecule has 30 heavy (non-hydrogen) atoms. The molecule has 0 saturated carbocycles. The third kappa shape index (κ3) is 4.98. The van der Waals surface area contributed by atoms with Crippen LogP contribution in [0.1, 0.15) is 12.1 Å². The fourth-order valence-electron chi connectivity index (χ4n) is 2.86. The number of carbonyl (C=O) groups is 1. The molecule has 152 valence electrons. The number of para-hydroxylation sites is 1. The Morgan fingerprint density at radius 3 is 2.67 bits per heavy atom. The van der Waals surface area contributed by atoms with E-state index in [0.29, 0.717) is 34.4 Å². The molecule has 0 spiro atoms. The summed E-state index contributed by atoms with van der Waals surface area (Å²) in [5.74, 6) is 0.256. The number of aromatic nitrogens is 2. The average molecular weight is 458 g/mol. The fourth-order valence-corrected chi connectivity index (χ4v) is 4.98. The SMILES string of the molecule is O=C(CCSc1ccc(F)cc1)N(Cc1ccccn1)c1nc2c(Cl)cccc2s1. The van der Waals surface area contributed by atoms with Gasteiger partial charge in [-0.3, -0.25) is 14.7 Å². The third-order valence-corrected chi connectivity index (χ3v) is 6.70. The van der Waals surface area contributed by atoms with Crippen molar-refractivity contribution in [3.05, 3.63) is 83.4 Å². The standard InChI is InChI=1S/C22H17ClFN3OS2/c23-18-5-3-6-19-21(18)26-22(30-19)27(14-16-4-1-2-12-25-16)20(28)11-13-29-17-9-7-15(24)8-10-17/h1-10,12H,11,13-14H2. The lowest BCUT2D eigenvalue weighted by Crippen LogP contribution is -2.30. The summed E-state index contributed by atoms with van der Waals surface area (Å²) in [6.45, 7) is 0.332. The van der Waals surface area contributed by atoms with Gasteiger partial charge < -0.3 is 0 Å². The fraction of sp³-hybridized carbons (Fsp3) is 0.136. The normalized spacial score (nSPS) is 11.0. The summed E-state index contributed by atoms with van der Waals surface area (Å²) in [5, 5.41) is 1.16. The second-order valence-corrected chi connectivity index (χ2v) is 9.02. The van der Waals surface area contributed by atoms with Crippen molar-refractivity contribution in [3.8, 4) is 0 Å². The van der Waals surface area contributed by atoms with E-state index in [1.165, 1.54) is 35.2 Å².